The molecule has 0 bridgehead atoms. The molecule has 0 unspecified atom stereocenters. The zero-order chi connectivity index (χ0) is 24.9. The van der Waals surface area contributed by atoms with Gasteiger partial charge in [-0.1, -0.05) is 24.3 Å². The maximum absolute atomic E-state index is 12.8. The van der Waals surface area contributed by atoms with E-state index >= 15 is 0 Å². The van der Waals surface area contributed by atoms with Gasteiger partial charge >= 0.3 is 12.1 Å². The minimum Gasteiger partial charge on any atom is -0.488 e. The highest BCUT2D eigenvalue weighted by Gasteiger charge is 2.30. The minimum absolute atomic E-state index is 0.155. The fourth-order valence-corrected chi connectivity index (χ4v) is 4.21. The topological polar surface area (TPSA) is 103 Å². The van der Waals surface area contributed by atoms with E-state index in [1.54, 1.807) is 31.2 Å². The van der Waals surface area contributed by atoms with Crippen LogP contribution in [0.1, 0.15) is 34.0 Å². The number of alkyl halides is 3. The smallest absolute Gasteiger partial charge is 0.416 e. The fourth-order valence-electron chi connectivity index (χ4n) is 3.23. The highest BCUT2D eigenvalue weighted by atomic mass is 32.1. The largest absolute Gasteiger partial charge is 0.488 e. The van der Waals surface area contributed by atoms with Crippen molar-refractivity contribution < 1.29 is 32.6 Å². The molecule has 0 aliphatic rings. The third-order valence-electron chi connectivity index (χ3n) is 5.05. The van der Waals surface area contributed by atoms with Crippen LogP contribution in [0.2, 0.25) is 0 Å². The number of rotatable bonds is 9. The Morgan fingerprint density at radius 2 is 1.82 bits per heavy atom. The predicted octanol–water partition coefficient (Wildman–Crippen LogP) is 5.32. The van der Waals surface area contributed by atoms with Crippen LogP contribution < -0.4 is 10.5 Å². The average molecular weight is 491 g/mol. The van der Waals surface area contributed by atoms with Gasteiger partial charge in [-0.25, -0.2) is 4.98 Å². The van der Waals surface area contributed by atoms with Crippen LogP contribution in [0.5, 0.6) is 5.75 Å². The number of allylic oxidation sites excluding steroid dienone is 2. The van der Waals surface area contributed by atoms with Gasteiger partial charge in [0.15, 0.2) is 0 Å². The molecule has 1 atom stereocenters. The molecule has 2 aromatic carbocycles. The van der Waals surface area contributed by atoms with Gasteiger partial charge in [0.1, 0.15) is 23.7 Å². The second kappa shape index (κ2) is 10.5. The van der Waals surface area contributed by atoms with Crippen LogP contribution in [0.3, 0.4) is 0 Å². The molecular weight excluding hydrogens is 469 g/mol. The molecule has 1 aromatic heterocycles. The van der Waals surface area contributed by atoms with E-state index < -0.39 is 23.6 Å². The number of hydrogen-bond donors (Lipinski definition) is 2. The Bertz CT molecular complexity index is 1190. The number of aliphatic carboxylic acids is 1. The summed E-state index contributed by atoms with van der Waals surface area (Å²) in [6.07, 6.45) is -3.00. The Morgan fingerprint density at radius 3 is 2.38 bits per heavy atom. The van der Waals surface area contributed by atoms with Crippen LogP contribution in [0, 0.1) is 6.92 Å². The Morgan fingerprint density at radius 1 is 1.18 bits per heavy atom. The normalized spacial score (nSPS) is 12.9. The Balaban J connectivity index is 1.70. The van der Waals surface area contributed by atoms with Gasteiger partial charge in [-0.3, -0.25) is 9.59 Å². The summed E-state index contributed by atoms with van der Waals surface area (Å²) in [5.74, 6) is -1.16. The fraction of sp³-hybridized carbons (Fsp3) is 0.208. The molecule has 0 fully saturated rings. The Hall–Kier alpha value is -3.66. The third-order valence-corrected chi connectivity index (χ3v) is 6.23. The zero-order valence-electron chi connectivity index (χ0n) is 18.0. The molecule has 6 nitrogen and oxygen atoms in total. The van der Waals surface area contributed by atoms with Crippen LogP contribution in [0.15, 0.2) is 60.3 Å². The highest BCUT2D eigenvalue weighted by Crippen LogP contribution is 2.33. The monoisotopic (exact) mass is 490 g/mol. The lowest BCUT2D eigenvalue weighted by molar-refractivity contribution is -0.138. The number of aryl methyl sites for hydroxylation is 1. The second-order valence-electron chi connectivity index (χ2n) is 7.41. The maximum atomic E-state index is 12.8. The highest BCUT2D eigenvalue weighted by molar-refractivity contribution is 7.15. The molecule has 0 aliphatic carbocycles. The first-order valence-corrected chi connectivity index (χ1v) is 10.9. The van der Waals surface area contributed by atoms with Gasteiger partial charge in [0.2, 0.25) is 0 Å². The number of benzene rings is 2. The van der Waals surface area contributed by atoms with E-state index in [1.807, 2.05) is 0 Å². The van der Waals surface area contributed by atoms with Crippen LogP contribution >= 0.6 is 11.3 Å². The van der Waals surface area contributed by atoms with E-state index in [4.69, 9.17) is 15.6 Å². The SMILES string of the molecule is Cc1nc(-c2ccc(C(F)(F)F)cc2)sc1COc1ccc([C@H](CC(=O)O)C(N)=CC=O)cc1. The molecule has 3 aromatic rings. The van der Waals surface area contributed by atoms with Gasteiger partial charge in [-0.05, 0) is 42.8 Å². The molecule has 0 amide bonds. The maximum Gasteiger partial charge on any atom is 0.416 e. The summed E-state index contributed by atoms with van der Waals surface area (Å²) in [4.78, 5) is 27.1. The minimum atomic E-state index is -4.39. The number of aromatic nitrogens is 1. The number of aldehydes is 1. The Kier molecular flexibility index (Phi) is 7.72. The van der Waals surface area contributed by atoms with Crippen molar-refractivity contribution in [2.24, 2.45) is 5.73 Å². The van der Waals surface area contributed by atoms with E-state index in [0.29, 0.717) is 33.9 Å². The van der Waals surface area contributed by atoms with E-state index in [2.05, 4.69) is 4.98 Å². The molecule has 178 valence electrons. The number of thiazole rings is 1. The van der Waals surface area contributed by atoms with Crippen molar-refractivity contribution in [3.63, 3.8) is 0 Å². The lowest BCUT2D eigenvalue weighted by atomic mass is 9.92. The molecule has 34 heavy (non-hydrogen) atoms. The number of carbonyl (C=O) groups excluding carboxylic acids is 1. The van der Waals surface area contributed by atoms with Gasteiger partial charge in [0.25, 0.3) is 0 Å². The molecule has 0 saturated carbocycles. The summed E-state index contributed by atoms with van der Waals surface area (Å²) in [7, 11) is 0. The van der Waals surface area contributed by atoms with E-state index in [0.717, 1.165) is 23.1 Å². The van der Waals surface area contributed by atoms with Gasteiger partial charge in [0, 0.05) is 17.2 Å². The number of ether oxygens (including phenoxy) is 1. The lowest BCUT2D eigenvalue weighted by Crippen LogP contribution is -2.15. The van der Waals surface area contributed by atoms with Crippen LogP contribution in [0.4, 0.5) is 13.2 Å². The van der Waals surface area contributed by atoms with Crippen molar-refractivity contribution in [3.8, 4) is 16.3 Å². The number of nitrogens with zero attached hydrogens (tertiary/aromatic N) is 1. The van der Waals surface area contributed by atoms with Crippen LogP contribution in [-0.4, -0.2) is 22.3 Å². The van der Waals surface area contributed by atoms with Gasteiger partial charge < -0.3 is 15.6 Å². The first-order valence-electron chi connectivity index (χ1n) is 10.1. The molecule has 0 spiro atoms. The quantitative estimate of drug-likeness (QED) is 0.311. The van der Waals surface area contributed by atoms with Crippen molar-refractivity contribution in [2.45, 2.75) is 32.0 Å². The number of carboxylic acid groups (broad SMARTS) is 1. The number of hydrogen-bond acceptors (Lipinski definition) is 6. The van der Waals surface area contributed by atoms with Gasteiger partial charge in [-0.2, -0.15) is 13.2 Å². The van der Waals surface area contributed by atoms with Crippen LogP contribution in [-0.2, 0) is 22.4 Å². The Labute approximate surface area is 197 Å². The van der Waals surface area contributed by atoms with Crippen molar-refractivity contribution in [2.75, 3.05) is 0 Å². The van der Waals surface area contributed by atoms with Gasteiger partial charge in [0.05, 0.1) is 22.6 Å². The molecule has 0 saturated heterocycles. The number of nitrogens with two attached hydrogens (primary N) is 1. The molecule has 0 aliphatic heterocycles. The summed E-state index contributed by atoms with van der Waals surface area (Å²) in [5, 5.41) is 9.73. The van der Waals surface area contributed by atoms with Gasteiger partial charge in [-0.15, -0.1) is 11.3 Å². The standard InChI is InChI=1S/C24H21F3N2O4S/c1-14-21(34-23(29-14)16-2-6-17(7-3-16)24(25,26)27)13-33-18-8-4-15(5-9-18)19(12-22(31)32)20(28)10-11-30/h2-11,19H,12-13,28H2,1H3,(H,31,32)/t19-/m0/s1. The summed E-state index contributed by atoms with van der Waals surface area (Å²) in [6, 6.07) is 11.5. The van der Waals surface area contributed by atoms with Crippen molar-refractivity contribution in [1.82, 2.24) is 4.98 Å². The number of carbonyl (C=O) groups is 2. The lowest BCUT2D eigenvalue weighted by Gasteiger charge is -2.16. The zero-order valence-corrected chi connectivity index (χ0v) is 18.8. The number of halogens is 3. The van der Waals surface area contributed by atoms with Crippen molar-refractivity contribution in [1.29, 1.82) is 0 Å². The van der Waals surface area contributed by atoms with Crippen molar-refractivity contribution >= 4 is 23.6 Å². The molecule has 1 heterocycles. The summed E-state index contributed by atoms with van der Waals surface area (Å²) in [5.41, 5.74) is 7.22. The summed E-state index contributed by atoms with van der Waals surface area (Å²) >= 11 is 1.33. The van der Waals surface area contributed by atoms with E-state index in [-0.39, 0.29) is 18.7 Å². The average Bonchev–Trinajstić information content (AvgIpc) is 3.16. The molecule has 0 radical (unpaired) electrons. The molecular formula is C24H21F3N2O4S. The molecule has 3 rings (SSSR count). The number of carboxylic acids is 1. The van der Waals surface area contributed by atoms with Crippen LogP contribution in [0.25, 0.3) is 10.6 Å². The first kappa shape index (κ1) is 25.0. The van der Waals surface area contributed by atoms with E-state index in [9.17, 15) is 22.8 Å². The summed E-state index contributed by atoms with van der Waals surface area (Å²) < 4.78 is 44.1. The first-order chi connectivity index (χ1) is 16.1. The van der Waals surface area contributed by atoms with E-state index in [1.165, 1.54) is 23.5 Å². The predicted molar refractivity (Wildman–Crippen MR) is 121 cm³/mol. The van der Waals surface area contributed by atoms with Crippen molar-refractivity contribution in [3.05, 3.63) is 82.0 Å². The molecule has 3 N–H and O–H groups in total. The second-order valence-corrected chi connectivity index (χ2v) is 8.50. The third kappa shape index (κ3) is 6.22. The molecule has 10 heteroatoms. The summed E-state index contributed by atoms with van der Waals surface area (Å²) in [6.45, 7) is 2.00.